The van der Waals surface area contributed by atoms with E-state index in [0.29, 0.717) is 6.04 Å². The minimum Gasteiger partial charge on any atom is -0.497 e. The number of ether oxygens (including phenoxy) is 1. The molecule has 0 radical (unpaired) electrons. The van der Waals surface area contributed by atoms with E-state index in [2.05, 4.69) is 43.4 Å². The highest BCUT2D eigenvalue weighted by atomic mass is 16.5. The molecule has 2 nitrogen and oxygen atoms in total. The minimum atomic E-state index is 0.505. The normalized spacial score (nSPS) is 25.1. The first-order chi connectivity index (χ1) is 8.74. The molecule has 0 heterocycles. The monoisotopic (exact) mass is 247 g/mol. The number of nitrogens with one attached hydrogen (secondary N) is 1. The molecule has 0 saturated heterocycles. The molecule has 1 saturated carbocycles. The van der Waals surface area contributed by atoms with Crippen molar-refractivity contribution in [3.63, 3.8) is 0 Å². The van der Waals surface area contributed by atoms with Crippen molar-refractivity contribution in [3.05, 3.63) is 29.8 Å². The third-order valence-electron chi connectivity index (χ3n) is 4.11. The summed E-state index contributed by atoms with van der Waals surface area (Å²) in [6.07, 6.45) is 4.08. The average molecular weight is 247 g/mol. The van der Waals surface area contributed by atoms with Crippen molar-refractivity contribution in [2.75, 3.05) is 13.7 Å². The van der Waals surface area contributed by atoms with Crippen LogP contribution in [0.25, 0.3) is 0 Å². The number of methoxy groups -OCH3 is 1. The van der Waals surface area contributed by atoms with Crippen LogP contribution >= 0.6 is 0 Å². The largest absolute Gasteiger partial charge is 0.497 e. The van der Waals surface area contributed by atoms with Gasteiger partial charge in [-0.25, -0.2) is 0 Å². The Kier molecular flexibility index (Phi) is 4.65. The van der Waals surface area contributed by atoms with Gasteiger partial charge < -0.3 is 10.1 Å². The van der Waals surface area contributed by atoms with E-state index in [1.807, 2.05) is 0 Å². The maximum atomic E-state index is 5.23. The van der Waals surface area contributed by atoms with Crippen molar-refractivity contribution >= 4 is 0 Å². The van der Waals surface area contributed by atoms with Crippen molar-refractivity contribution in [2.45, 2.75) is 39.2 Å². The van der Waals surface area contributed by atoms with Crippen LogP contribution < -0.4 is 10.1 Å². The molecule has 0 spiro atoms. The average Bonchev–Trinajstić information content (AvgIpc) is 2.82. The van der Waals surface area contributed by atoms with Crippen LogP contribution in [0.5, 0.6) is 5.75 Å². The summed E-state index contributed by atoms with van der Waals surface area (Å²) in [4.78, 5) is 0. The lowest BCUT2D eigenvalue weighted by atomic mass is 9.91. The molecule has 2 heteroatoms. The lowest BCUT2D eigenvalue weighted by Gasteiger charge is -2.25. The molecule has 100 valence electrons. The fourth-order valence-electron chi connectivity index (χ4n) is 3.14. The number of hydrogen-bond donors (Lipinski definition) is 1. The molecule has 1 aromatic carbocycles. The summed E-state index contributed by atoms with van der Waals surface area (Å²) in [5, 5.41) is 3.66. The van der Waals surface area contributed by atoms with Crippen LogP contribution in [0.3, 0.4) is 0 Å². The van der Waals surface area contributed by atoms with Gasteiger partial charge in [-0.05, 0) is 48.9 Å². The first-order valence-electron chi connectivity index (χ1n) is 7.12. The molecular weight excluding hydrogens is 222 g/mol. The predicted octanol–water partition coefficient (Wildman–Crippen LogP) is 3.78. The van der Waals surface area contributed by atoms with E-state index < -0.39 is 0 Å². The molecule has 0 bridgehead atoms. The number of benzene rings is 1. The van der Waals surface area contributed by atoms with E-state index in [1.165, 1.54) is 24.8 Å². The van der Waals surface area contributed by atoms with Gasteiger partial charge in [-0.2, -0.15) is 0 Å². The zero-order chi connectivity index (χ0) is 13.0. The van der Waals surface area contributed by atoms with Crippen molar-refractivity contribution in [3.8, 4) is 5.75 Å². The second-order valence-electron chi connectivity index (χ2n) is 5.49. The molecule has 1 aliphatic rings. The smallest absolute Gasteiger partial charge is 0.118 e. The molecule has 18 heavy (non-hydrogen) atoms. The fourth-order valence-corrected chi connectivity index (χ4v) is 3.14. The zero-order valence-corrected chi connectivity index (χ0v) is 11.8. The van der Waals surface area contributed by atoms with Gasteiger partial charge in [0.15, 0.2) is 0 Å². The van der Waals surface area contributed by atoms with E-state index in [-0.39, 0.29) is 0 Å². The summed E-state index contributed by atoms with van der Waals surface area (Å²) in [5.41, 5.74) is 1.40. The highest BCUT2D eigenvalue weighted by molar-refractivity contribution is 5.29. The maximum Gasteiger partial charge on any atom is 0.118 e. The van der Waals surface area contributed by atoms with Crippen molar-refractivity contribution in [2.24, 2.45) is 11.8 Å². The molecule has 3 atom stereocenters. The van der Waals surface area contributed by atoms with Gasteiger partial charge in [-0.1, -0.05) is 32.4 Å². The summed E-state index contributed by atoms with van der Waals surface area (Å²) in [6, 6.07) is 9.05. The molecule has 1 fully saturated rings. The van der Waals surface area contributed by atoms with Gasteiger partial charge in [-0.3, -0.25) is 0 Å². The van der Waals surface area contributed by atoms with Crippen LogP contribution in [-0.4, -0.2) is 13.7 Å². The van der Waals surface area contributed by atoms with Gasteiger partial charge in [0.25, 0.3) is 0 Å². The standard InChI is InChI=1S/C16H25NO/c1-4-17-16(14-6-5-12(2)11-14)13-7-9-15(18-3)10-8-13/h7-10,12,14,16-17H,4-6,11H2,1-3H3. The lowest BCUT2D eigenvalue weighted by molar-refractivity contribution is 0.364. The van der Waals surface area contributed by atoms with Gasteiger partial charge >= 0.3 is 0 Å². The van der Waals surface area contributed by atoms with Crippen LogP contribution in [0.4, 0.5) is 0 Å². The van der Waals surface area contributed by atoms with Crippen molar-refractivity contribution in [1.82, 2.24) is 5.32 Å². The zero-order valence-electron chi connectivity index (χ0n) is 11.8. The third-order valence-corrected chi connectivity index (χ3v) is 4.11. The third kappa shape index (κ3) is 3.05. The Hall–Kier alpha value is -1.02. The number of hydrogen-bond acceptors (Lipinski definition) is 2. The van der Waals surface area contributed by atoms with Gasteiger partial charge in [0.05, 0.1) is 7.11 Å². The quantitative estimate of drug-likeness (QED) is 0.855. The SMILES string of the molecule is CCNC(c1ccc(OC)cc1)C1CCC(C)C1. The topological polar surface area (TPSA) is 21.3 Å². The summed E-state index contributed by atoms with van der Waals surface area (Å²) < 4.78 is 5.23. The second kappa shape index (κ2) is 6.24. The van der Waals surface area contributed by atoms with E-state index in [1.54, 1.807) is 7.11 Å². The molecule has 0 amide bonds. The van der Waals surface area contributed by atoms with Gasteiger partial charge in [-0.15, -0.1) is 0 Å². The maximum absolute atomic E-state index is 5.23. The molecule has 1 aromatic rings. The first-order valence-corrected chi connectivity index (χ1v) is 7.12. The summed E-state index contributed by atoms with van der Waals surface area (Å²) in [5.74, 6) is 2.61. The molecule has 1 N–H and O–H groups in total. The highest BCUT2D eigenvalue weighted by Gasteiger charge is 2.29. The second-order valence-corrected chi connectivity index (χ2v) is 5.49. The van der Waals surface area contributed by atoms with Crippen LogP contribution in [0.15, 0.2) is 24.3 Å². The highest BCUT2D eigenvalue weighted by Crippen LogP contribution is 2.39. The van der Waals surface area contributed by atoms with E-state index in [4.69, 9.17) is 4.74 Å². The Balaban J connectivity index is 2.12. The van der Waals surface area contributed by atoms with Crippen molar-refractivity contribution < 1.29 is 4.74 Å². The Bertz CT molecular complexity index is 360. The van der Waals surface area contributed by atoms with E-state index in [0.717, 1.165) is 24.1 Å². The van der Waals surface area contributed by atoms with Crippen LogP contribution in [0, 0.1) is 11.8 Å². The Morgan fingerprint density at radius 1 is 1.28 bits per heavy atom. The molecule has 0 aromatic heterocycles. The molecule has 2 rings (SSSR count). The summed E-state index contributed by atoms with van der Waals surface area (Å²) >= 11 is 0. The summed E-state index contributed by atoms with van der Waals surface area (Å²) in [6.45, 7) is 5.59. The molecule has 1 aliphatic carbocycles. The van der Waals surface area contributed by atoms with E-state index >= 15 is 0 Å². The van der Waals surface area contributed by atoms with Crippen LogP contribution in [0.1, 0.15) is 44.7 Å². The van der Waals surface area contributed by atoms with Crippen LogP contribution in [0.2, 0.25) is 0 Å². The lowest BCUT2D eigenvalue weighted by Crippen LogP contribution is -2.27. The first kappa shape index (κ1) is 13.4. The Labute approximate surface area is 111 Å². The number of rotatable bonds is 5. The van der Waals surface area contributed by atoms with E-state index in [9.17, 15) is 0 Å². The van der Waals surface area contributed by atoms with Gasteiger partial charge in [0, 0.05) is 6.04 Å². The minimum absolute atomic E-state index is 0.505. The van der Waals surface area contributed by atoms with Crippen molar-refractivity contribution in [1.29, 1.82) is 0 Å². The predicted molar refractivity (Wildman–Crippen MR) is 75.9 cm³/mol. The summed E-state index contributed by atoms with van der Waals surface area (Å²) in [7, 11) is 1.72. The molecule has 0 aliphatic heterocycles. The fraction of sp³-hybridized carbons (Fsp3) is 0.625. The van der Waals surface area contributed by atoms with Crippen LogP contribution in [-0.2, 0) is 0 Å². The molecular formula is C16H25NO. The molecule has 3 unspecified atom stereocenters. The Morgan fingerprint density at radius 3 is 2.50 bits per heavy atom. The van der Waals surface area contributed by atoms with Gasteiger partial charge in [0.1, 0.15) is 5.75 Å². The Morgan fingerprint density at radius 2 is 2.00 bits per heavy atom. The van der Waals surface area contributed by atoms with Gasteiger partial charge in [0.2, 0.25) is 0 Å².